The maximum Gasteiger partial charge on any atom is 0.407 e. The van der Waals surface area contributed by atoms with Crippen molar-refractivity contribution in [3.05, 3.63) is 64.1 Å². The first kappa shape index (κ1) is 17.8. The van der Waals surface area contributed by atoms with Crippen LogP contribution in [0.2, 0.25) is 0 Å². The van der Waals surface area contributed by atoms with Crippen LogP contribution < -0.4 is 10.1 Å². The molecular formula is C17H16BrNO5. The maximum absolute atomic E-state index is 11.7. The molecule has 0 aliphatic heterocycles. The van der Waals surface area contributed by atoms with Crippen molar-refractivity contribution in [1.82, 2.24) is 5.32 Å². The molecule has 0 aliphatic rings. The average molecular weight is 394 g/mol. The molecule has 0 saturated heterocycles. The zero-order valence-corrected chi connectivity index (χ0v) is 14.3. The lowest BCUT2D eigenvalue weighted by molar-refractivity contribution is -0.139. The van der Waals surface area contributed by atoms with Gasteiger partial charge in [0.2, 0.25) is 0 Å². The monoisotopic (exact) mass is 393 g/mol. The number of nitrogens with one attached hydrogen (secondary N) is 1. The van der Waals surface area contributed by atoms with Crippen molar-refractivity contribution in [1.29, 1.82) is 0 Å². The van der Waals surface area contributed by atoms with Crippen molar-refractivity contribution < 1.29 is 24.2 Å². The summed E-state index contributed by atoms with van der Waals surface area (Å²) in [5.74, 6) is -0.652. The number of ether oxygens (including phenoxy) is 2. The van der Waals surface area contributed by atoms with Crippen LogP contribution in [0, 0.1) is 0 Å². The first-order valence-corrected chi connectivity index (χ1v) is 7.91. The number of amides is 1. The molecule has 2 N–H and O–H groups in total. The molecule has 0 radical (unpaired) electrons. The normalized spacial score (nSPS) is 10.0. The number of rotatable bonds is 7. The number of halogens is 1. The summed E-state index contributed by atoms with van der Waals surface area (Å²) < 4.78 is 11.0. The molecule has 2 aromatic carbocycles. The van der Waals surface area contributed by atoms with Gasteiger partial charge in [-0.2, -0.15) is 0 Å². The van der Waals surface area contributed by atoms with E-state index in [0.717, 1.165) is 15.6 Å². The van der Waals surface area contributed by atoms with Gasteiger partial charge in [0.1, 0.15) is 12.4 Å². The van der Waals surface area contributed by atoms with Crippen LogP contribution >= 0.6 is 15.9 Å². The fraction of sp³-hybridized carbons (Fsp3) is 0.176. The Bertz CT molecular complexity index is 705. The molecule has 0 fully saturated rings. The number of carboxylic acid groups (broad SMARTS) is 1. The van der Waals surface area contributed by atoms with Crippen LogP contribution in [-0.2, 0) is 22.7 Å². The SMILES string of the molecule is O=C(O)COc1cc(Br)cc(CNC(=O)OCc2ccccc2)c1. The second kappa shape index (κ2) is 8.93. The predicted octanol–water partition coefficient (Wildman–Crippen LogP) is 3.34. The highest BCUT2D eigenvalue weighted by atomic mass is 79.9. The molecule has 0 unspecified atom stereocenters. The van der Waals surface area contributed by atoms with Crippen molar-refractivity contribution in [2.45, 2.75) is 13.2 Å². The molecule has 126 valence electrons. The summed E-state index contributed by atoms with van der Waals surface area (Å²) in [6.45, 7) is -0.00291. The van der Waals surface area contributed by atoms with Crippen molar-refractivity contribution in [2.75, 3.05) is 6.61 Å². The van der Waals surface area contributed by atoms with Gasteiger partial charge in [-0.25, -0.2) is 9.59 Å². The number of carboxylic acids is 1. The van der Waals surface area contributed by atoms with Crippen molar-refractivity contribution in [3.63, 3.8) is 0 Å². The Kier molecular flexibility index (Phi) is 6.62. The second-order valence-corrected chi connectivity index (χ2v) is 5.81. The third-order valence-corrected chi connectivity index (χ3v) is 3.40. The minimum atomic E-state index is -1.06. The van der Waals surface area contributed by atoms with Crippen molar-refractivity contribution in [3.8, 4) is 5.75 Å². The van der Waals surface area contributed by atoms with E-state index in [1.54, 1.807) is 18.2 Å². The van der Waals surface area contributed by atoms with Crippen LogP contribution in [0.1, 0.15) is 11.1 Å². The lowest BCUT2D eigenvalue weighted by Gasteiger charge is -2.10. The van der Waals surface area contributed by atoms with Crippen molar-refractivity contribution >= 4 is 28.0 Å². The van der Waals surface area contributed by atoms with E-state index in [0.29, 0.717) is 5.75 Å². The van der Waals surface area contributed by atoms with Gasteiger partial charge < -0.3 is 19.9 Å². The molecular weight excluding hydrogens is 378 g/mol. The topological polar surface area (TPSA) is 84.9 Å². The Labute approximate surface area is 147 Å². The largest absolute Gasteiger partial charge is 0.482 e. The van der Waals surface area contributed by atoms with Gasteiger partial charge in [-0.3, -0.25) is 0 Å². The molecule has 7 heteroatoms. The molecule has 0 atom stereocenters. The van der Waals surface area contributed by atoms with Gasteiger partial charge in [-0.15, -0.1) is 0 Å². The molecule has 2 rings (SSSR count). The number of carbonyl (C=O) groups excluding carboxylic acids is 1. The van der Waals surface area contributed by atoms with Crippen LogP contribution in [0.4, 0.5) is 4.79 Å². The van der Waals surface area contributed by atoms with Crippen molar-refractivity contribution in [2.24, 2.45) is 0 Å². The highest BCUT2D eigenvalue weighted by Crippen LogP contribution is 2.21. The van der Waals surface area contributed by atoms with Gasteiger partial charge >= 0.3 is 12.1 Å². The molecule has 6 nitrogen and oxygen atoms in total. The molecule has 24 heavy (non-hydrogen) atoms. The third kappa shape index (κ3) is 6.29. The fourth-order valence-corrected chi connectivity index (χ4v) is 2.42. The molecule has 0 aliphatic carbocycles. The lowest BCUT2D eigenvalue weighted by atomic mass is 10.2. The smallest absolute Gasteiger partial charge is 0.407 e. The number of alkyl carbamates (subject to hydrolysis) is 1. The van der Waals surface area contributed by atoms with Gasteiger partial charge in [0, 0.05) is 11.0 Å². The molecule has 0 bridgehead atoms. The highest BCUT2D eigenvalue weighted by molar-refractivity contribution is 9.10. The minimum absolute atomic E-state index is 0.193. The molecule has 2 aromatic rings. The summed E-state index contributed by atoms with van der Waals surface area (Å²) >= 11 is 3.32. The summed E-state index contributed by atoms with van der Waals surface area (Å²) in [7, 11) is 0. The van der Waals surface area contributed by atoms with Gasteiger partial charge in [-0.1, -0.05) is 46.3 Å². The zero-order valence-electron chi connectivity index (χ0n) is 12.7. The van der Waals surface area contributed by atoms with E-state index in [-0.39, 0.29) is 13.2 Å². The molecule has 0 heterocycles. The summed E-state index contributed by atoms with van der Waals surface area (Å²) in [6.07, 6.45) is -0.535. The summed E-state index contributed by atoms with van der Waals surface area (Å²) in [5, 5.41) is 11.3. The minimum Gasteiger partial charge on any atom is -0.482 e. The molecule has 0 saturated carbocycles. The van der Waals surface area contributed by atoms with Crippen LogP contribution in [0.25, 0.3) is 0 Å². The van der Waals surface area contributed by atoms with Crippen LogP contribution in [0.5, 0.6) is 5.75 Å². The summed E-state index contributed by atoms with van der Waals surface area (Å²) in [4.78, 5) is 22.3. The number of aliphatic carboxylic acids is 1. The second-order valence-electron chi connectivity index (χ2n) is 4.89. The summed E-state index contributed by atoms with van der Waals surface area (Å²) in [6, 6.07) is 14.5. The van der Waals surface area contributed by atoms with E-state index in [4.69, 9.17) is 14.6 Å². The maximum atomic E-state index is 11.7. The van der Waals surface area contributed by atoms with E-state index in [9.17, 15) is 9.59 Å². The Hall–Kier alpha value is -2.54. The fourth-order valence-electron chi connectivity index (χ4n) is 1.90. The van der Waals surface area contributed by atoms with Gasteiger partial charge in [-0.05, 0) is 29.3 Å². The molecule has 1 amide bonds. The molecule has 0 spiro atoms. The summed E-state index contributed by atoms with van der Waals surface area (Å²) in [5.41, 5.74) is 1.65. The standard InChI is InChI=1S/C17H16BrNO5/c18-14-6-13(7-15(8-14)23-11-16(20)21)9-19-17(22)24-10-12-4-2-1-3-5-12/h1-8H,9-11H2,(H,19,22)(H,20,21). The first-order valence-electron chi connectivity index (χ1n) is 7.11. The first-order chi connectivity index (χ1) is 11.5. The van der Waals surface area contributed by atoms with E-state index in [2.05, 4.69) is 21.2 Å². The van der Waals surface area contributed by atoms with E-state index in [1.807, 2.05) is 30.3 Å². The Morgan fingerprint density at radius 1 is 1.08 bits per heavy atom. The Morgan fingerprint density at radius 2 is 1.83 bits per heavy atom. The van der Waals surface area contributed by atoms with E-state index in [1.165, 1.54) is 0 Å². The van der Waals surface area contributed by atoms with Crippen LogP contribution in [-0.4, -0.2) is 23.8 Å². The van der Waals surface area contributed by atoms with E-state index < -0.39 is 18.7 Å². The lowest BCUT2D eigenvalue weighted by Crippen LogP contribution is -2.23. The average Bonchev–Trinajstić information content (AvgIpc) is 2.57. The van der Waals surface area contributed by atoms with Crippen LogP contribution in [0.3, 0.4) is 0 Å². The Morgan fingerprint density at radius 3 is 2.54 bits per heavy atom. The number of hydrogen-bond donors (Lipinski definition) is 2. The number of carbonyl (C=O) groups is 2. The Balaban J connectivity index is 1.84. The third-order valence-electron chi connectivity index (χ3n) is 2.94. The highest BCUT2D eigenvalue weighted by Gasteiger charge is 2.06. The predicted molar refractivity (Wildman–Crippen MR) is 90.7 cm³/mol. The van der Waals surface area contributed by atoms with Gasteiger partial charge in [0.05, 0.1) is 0 Å². The molecule has 0 aromatic heterocycles. The number of benzene rings is 2. The zero-order chi connectivity index (χ0) is 17.4. The quantitative estimate of drug-likeness (QED) is 0.753. The van der Waals surface area contributed by atoms with E-state index >= 15 is 0 Å². The number of hydrogen-bond acceptors (Lipinski definition) is 4. The van der Waals surface area contributed by atoms with Gasteiger partial charge in [0.15, 0.2) is 6.61 Å². The van der Waals surface area contributed by atoms with Gasteiger partial charge in [0.25, 0.3) is 0 Å². The van der Waals surface area contributed by atoms with Crippen LogP contribution in [0.15, 0.2) is 53.0 Å².